The molecule has 1 aromatic carbocycles. The summed E-state index contributed by atoms with van der Waals surface area (Å²) in [7, 11) is 0. The van der Waals surface area contributed by atoms with Crippen LogP contribution in [0.2, 0.25) is 0 Å². The number of halogens is 1. The van der Waals surface area contributed by atoms with Crippen molar-refractivity contribution in [3.63, 3.8) is 0 Å². The summed E-state index contributed by atoms with van der Waals surface area (Å²) in [5.41, 5.74) is 2.11. The number of benzene rings is 1. The maximum Gasteiger partial charge on any atom is 0.147 e. The van der Waals surface area contributed by atoms with Gasteiger partial charge >= 0.3 is 0 Å². The third-order valence-electron chi connectivity index (χ3n) is 3.17. The maximum absolute atomic E-state index is 5.89. The highest BCUT2D eigenvalue weighted by atomic mass is 35.5. The smallest absolute Gasteiger partial charge is 0.147 e. The number of para-hydroxylation sites is 1. The third kappa shape index (κ3) is 3.03. The van der Waals surface area contributed by atoms with Crippen LogP contribution < -0.4 is 4.74 Å². The summed E-state index contributed by atoms with van der Waals surface area (Å²) in [4.78, 5) is 4.73. The first-order valence-electron chi connectivity index (χ1n) is 6.98. The Labute approximate surface area is 119 Å². The first kappa shape index (κ1) is 14.2. The van der Waals surface area contributed by atoms with E-state index in [9.17, 15) is 0 Å². The average Bonchev–Trinajstić information content (AvgIpc) is 2.76. The number of aromatic nitrogens is 2. The zero-order chi connectivity index (χ0) is 13.7. The molecule has 2 aromatic rings. The average molecular weight is 281 g/mol. The SMILES string of the molecule is CCCCn1c(CCCl)nc2c(OCC)cccc21. The van der Waals surface area contributed by atoms with E-state index in [1.165, 1.54) is 6.42 Å². The molecule has 0 atom stereocenters. The van der Waals surface area contributed by atoms with E-state index in [0.29, 0.717) is 12.5 Å². The van der Waals surface area contributed by atoms with Gasteiger partial charge in [-0.25, -0.2) is 4.98 Å². The van der Waals surface area contributed by atoms with Crippen molar-refractivity contribution in [1.82, 2.24) is 9.55 Å². The fraction of sp³-hybridized carbons (Fsp3) is 0.533. The molecule has 4 heteroatoms. The van der Waals surface area contributed by atoms with E-state index < -0.39 is 0 Å². The van der Waals surface area contributed by atoms with Crippen LogP contribution in [0.25, 0.3) is 11.0 Å². The highest BCUT2D eigenvalue weighted by Crippen LogP contribution is 2.26. The molecule has 2 rings (SSSR count). The fourth-order valence-corrected chi connectivity index (χ4v) is 2.45. The van der Waals surface area contributed by atoms with Gasteiger partial charge in [0.25, 0.3) is 0 Å². The number of imidazole rings is 1. The van der Waals surface area contributed by atoms with Crippen LogP contribution in [0.4, 0.5) is 0 Å². The second-order valence-electron chi connectivity index (χ2n) is 4.53. The summed E-state index contributed by atoms with van der Waals surface area (Å²) in [5.74, 6) is 2.52. The Kier molecular flexibility index (Phi) is 5.08. The molecule has 0 saturated heterocycles. The first-order valence-corrected chi connectivity index (χ1v) is 7.52. The van der Waals surface area contributed by atoms with Gasteiger partial charge in [0.05, 0.1) is 12.1 Å². The Morgan fingerprint density at radius 2 is 2.16 bits per heavy atom. The minimum atomic E-state index is 0.597. The normalized spacial score (nSPS) is 11.1. The van der Waals surface area contributed by atoms with Gasteiger partial charge in [-0.05, 0) is 25.5 Å². The van der Waals surface area contributed by atoms with Gasteiger partial charge in [-0.3, -0.25) is 0 Å². The van der Waals surface area contributed by atoms with Crippen LogP contribution in [-0.2, 0) is 13.0 Å². The molecule has 0 saturated carbocycles. The van der Waals surface area contributed by atoms with Crippen molar-refractivity contribution in [1.29, 1.82) is 0 Å². The zero-order valence-electron chi connectivity index (χ0n) is 11.7. The van der Waals surface area contributed by atoms with Gasteiger partial charge in [0.15, 0.2) is 0 Å². The van der Waals surface area contributed by atoms with Gasteiger partial charge in [-0.1, -0.05) is 19.4 Å². The van der Waals surface area contributed by atoms with Crippen molar-refractivity contribution in [2.75, 3.05) is 12.5 Å². The van der Waals surface area contributed by atoms with E-state index >= 15 is 0 Å². The second kappa shape index (κ2) is 6.80. The molecule has 0 unspecified atom stereocenters. The summed E-state index contributed by atoms with van der Waals surface area (Å²) in [6.45, 7) is 5.85. The quantitative estimate of drug-likeness (QED) is 0.717. The van der Waals surface area contributed by atoms with Gasteiger partial charge in [0, 0.05) is 18.8 Å². The molecule has 0 fully saturated rings. The molecule has 19 heavy (non-hydrogen) atoms. The van der Waals surface area contributed by atoms with E-state index in [-0.39, 0.29) is 0 Å². The van der Waals surface area contributed by atoms with Gasteiger partial charge in [-0.2, -0.15) is 0 Å². The summed E-state index contributed by atoms with van der Waals surface area (Å²) in [6, 6.07) is 6.12. The maximum atomic E-state index is 5.89. The van der Waals surface area contributed by atoms with Crippen molar-refractivity contribution in [3.8, 4) is 5.75 Å². The number of hydrogen-bond donors (Lipinski definition) is 0. The van der Waals surface area contributed by atoms with Crippen molar-refractivity contribution < 1.29 is 4.74 Å². The van der Waals surface area contributed by atoms with Gasteiger partial charge in [0.2, 0.25) is 0 Å². The van der Waals surface area contributed by atoms with E-state index in [2.05, 4.69) is 17.6 Å². The molecule has 0 radical (unpaired) electrons. The van der Waals surface area contributed by atoms with Crippen LogP contribution in [0.5, 0.6) is 5.75 Å². The fourth-order valence-electron chi connectivity index (χ4n) is 2.28. The number of unbranched alkanes of at least 4 members (excludes halogenated alkanes) is 1. The Balaban J connectivity index is 2.48. The molecule has 3 nitrogen and oxygen atoms in total. The lowest BCUT2D eigenvalue weighted by Gasteiger charge is -2.08. The Bertz CT molecular complexity index is 536. The number of alkyl halides is 1. The highest BCUT2D eigenvalue weighted by molar-refractivity contribution is 6.17. The summed E-state index contributed by atoms with van der Waals surface area (Å²) in [5, 5.41) is 0. The number of rotatable bonds is 7. The molecule has 0 N–H and O–H groups in total. The Morgan fingerprint density at radius 1 is 1.32 bits per heavy atom. The van der Waals surface area contributed by atoms with E-state index in [4.69, 9.17) is 21.3 Å². The molecular formula is C15H21ClN2O. The van der Waals surface area contributed by atoms with Gasteiger partial charge < -0.3 is 9.30 Å². The van der Waals surface area contributed by atoms with Crippen LogP contribution in [-0.4, -0.2) is 22.0 Å². The second-order valence-corrected chi connectivity index (χ2v) is 4.91. The van der Waals surface area contributed by atoms with Crippen molar-refractivity contribution in [2.24, 2.45) is 0 Å². The highest BCUT2D eigenvalue weighted by Gasteiger charge is 2.13. The molecule has 0 bridgehead atoms. The van der Waals surface area contributed by atoms with Gasteiger partial charge in [0.1, 0.15) is 17.1 Å². The predicted octanol–water partition coefficient (Wildman–Crippen LogP) is 4.02. The number of ether oxygens (including phenoxy) is 1. The topological polar surface area (TPSA) is 27.1 Å². The number of aryl methyl sites for hydroxylation is 2. The minimum absolute atomic E-state index is 0.597. The van der Waals surface area contributed by atoms with Crippen molar-refractivity contribution >= 4 is 22.6 Å². The molecule has 104 valence electrons. The van der Waals surface area contributed by atoms with Crippen LogP contribution in [0, 0.1) is 0 Å². The molecule has 1 heterocycles. The van der Waals surface area contributed by atoms with Crippen LogP contribution in [0.3, 0.4) is 0 Å². The summed E-state index contributed by atoms with van der Waals surface area (Å²) >= 11 is 5.89. The lowest BCUT2D eigenvalue weighted by molar-refractivity contribution is 0.343. The third-order valence-corrected chi connectivity index (χ3v) is 3.36. The zero-order valence-corrected chi connectivity index (χ0v) is 12.4. The molecule has 0 aliphatic carbocycles. The van der Waals surface area contributed by atoms with Gasteiger partial charge in [-0.15, -0.1) is 11.6 Å². The molecule has 1 aromatic heterocycles. The largest absolute Gasteiger partial charge is 0.492 e. The molecule has 0 aliphatic rings. The van der Waals surface area contributed by atoms with Crippen LogP contribution in [0.15, 0.2) is 18.2 Å². The summed E-state index contributed by atoms with van der Waals surface area (Å²) < 4.78 is 7.94. The number of nitrogens with zero attached hydrogens (tertiary/aromatic N) is 2. The van der Waals surface area contributed by atoms with Crippen molar-refractivity contribution in [2.45, 2.75) is 39.7 Å². The van der Waals surface area contributed by atoms with Crippen molar-refractivity contribution in [3.05, 3.63) is 24.0 Å². The number of hydrogen-bond acceptors (Lipinski definition) is 2. The lowest BCUT2D eigenvalue weighted by atomic mass is 10.2. The molecule has 0 amide bonds. The van der Waals surface area contributed by atoms with Crippen LogP contribution >= 0.6 is 11.6 Å². The molecule has 0 aliphatic heterocycles. The van der Waals surface area contributed by atoms with Crippen LogP contribution in [0.1, 0.15) is 32.5 Å². The standard InChI is InChI=1S/C15H21ClN2O/c1-3-5-11-18-12-7-6-8-13(19-4-2)15(12)17-14(18)9-10-16/h6-8H,3-5,9-11H2,1-2H3. The lowest BCUT2D eigenvalue weighted by Crippen LogP contribution is -2.04. The van der Waals surface area contributed by atoms with E-state index in [1.54, 1.807) is 0 Å². The molecular weight excluding hydrogens is 260 g/mol. The monoisotopic (exact) mass is 280 g/mol. The van der Waals surface area contributed by atoms with E-state index in [1.807, 2.05) is 19.1 Å². The summed E-state index contributed by atoms with van der Waals surface area (Å²) in [6.07, 6.45) is 3.12. The van der Waals surface area contributed by atoms with E-state index in [0.717, 1.165) is 42.0 Å². The minimum Gasteiger partial charge on any atom is -0.492 e. The first-order chi connectivity index (χ1) is 9.31. The predicted molar refractivity (Wildman–Crippen MR) is 80.2 cm³/mol. The number of fused-ring (bicyclic) bond motifs is 1. The Hall–Kier alpha value is -1.22. The Morgan fingerprint density at radius 3 is 2.84 bits per heavy atom. The molecule has 0 spiro atoms.